The highest BCUT2D eigenvalue weighted by Crippen LogP contribution is 2.31. The Balaban J connectivity index is 2.20. The molecule has 20 heavy (non-hydrogen) atoms. The van der Waals surface area contributed by atoms with E-state index >= 15 is 0 Å². The molecule has 110 valence electrons. The van der Waals surface area contributed by atoms with Gasteiger partial charge in [0.15, 0.2) is 0 Å². The van der Waals surface area contributed by atoms with Crippen LogP contribution in [-0.2, 0) is 6.54 Å². The molecule has 7 heteroatoms. The normalized spacial score (nSPS) is 15.7. The van der Waals surface area contributed by atoms with E-state index in [0.717, 1.165) is 18.9 Å². The van der Waals surface area contributed by atoms with E-state index in [9.17, 15) is 17.6 Å². The van der Waals surface area contributed by atoms with Gasteiger partial charge in [-0.1, -0.05) is 6.07 Å². The molecule has 1 fully saturated rings. The van der Waals surface area contributed by atoms with Crippen LogP contribution in [0.3, 0.4) is 0 Å². The zero-order valence-corrected chi connectivity index (χ0v) is 10.7. The van der Waals surface area contributed by atoms with Crippen LogP contribution in [0.1, 0.15) is 24.0 Å². The Morgan fingerprint density at radius 3 is 2.50 bits per heavy atom. The smallest absolute Gasteiger partial charge is 0.384 e. The SMILES string of the molecule is N=C(N)c1cc(F)ccc1CN(CC(F)(F)F)C1CC1. The van der Waals surface area contributed by atoms with Gasteiger partial charge in [0.1, 0.15) is 11.7 Å². The van der Waals surface area contributed by atoms with E-state index in [2.05, 4.69) is 0 Å². The standard InChI is InChI=1S/C13H15F4N3/c14-9-2-1-8(11(5-9)12(18)19)6-20(10-3-4-10)7-13(15,16)17/h1-2,5,10H,3-4,6-7H2,(H3,18,19). The van der Waals surface area contributed by atoms with E-state index in [4.69, 9.17) is 11.1 Å². The van der Waals surface area contributed by atoms with Gasteiger partial charge in [0.2, 0.25) is 0 Å². The Bertz CT molecular complexity index is 509. The summed E-state index contributed by atoms with van der Waals surface area (Å²) in [6.07, 6.45) is -2.82. The van der Waals surface area contributed by atoms with Crippen LogP contribution in [0.15, 0.2) is 18.2 Å². The molecule has 0 bridgehead atoms. The number of hydrogen-bond acceptors (Lipinski definition) is 2. The lowest BCUT2D eigenvalue weighted by Gasteiger charge is -2.24. The van der Waals surface area contributed by atoms with Crippen LogP contribution in [0.2, 0.25) is 0 Å². The van der Waals surface area contributed by atoms with Crippen LogP contribution in [0.25, 0.3) is 0 Å². The molecule has 0 unspecified atom stereocenters. The molecule has 3 N–H and O–H groups in total. The predicted molar refractivity (Wildman–Crippen MR) is 66.9 cm³/mol. The first kappa shape index (κ1) is 14.8. The molecule has 0 heterocycles. The largest absolute Gasteiger partial charge is 0.401 e. The van der Waals surface area contributed by atoms with Crippen molar-refractivity contribution in [1.29, 1.82) is 5.41 Å². The average molecular weight is 289 g/mol. The van der Waals surface area contributed by atoms with Gasteiger partial charge < -0.3 is 5.73 Å². The Labute approximate surface area is 113 Å². The minimum absolute atomic E-state index is 0.0133. The minimum atomic E-state index is -4.28. The quantitative estimate of drug-likeness (QED) is 0.497. The number of hydrogen-bond donors (Lipinski definition) is 2. The third kappa shape index (κ3) is 3.93. The van der Waals surface area contributed by atoms with Crippen LogP contribution in [0.5, 0.6) is 0 Å². The third-order valence-electron chi connectivity index (χ3n) is 3.18. The highest BCUT2D eigenvalue weighted by atomic mass is 19.4. The number of nitrogens with zero attached hydrogens (tertiary/aromatic N) is 1. The first-order chi connectivity index (χ1) is 9.26. The molecule has 0 amide bonds. The molecule has 0 spiro atoms. The lowest BCUT2D eigenvalue weighted by molar-refractivity contribution is -0.148. The molecule has 0 atom stereocenters. The summed E-state index contributed by atoms with van der Waals surface area (Å²) < 4.78 is 50.8. The highest BCUT2D eigenvalue weighted by molar-refractivity contribution is 5.96. The molecule has 0 aromatic heterocycles. The number of nitrogens with one attached hydrogen (secondary N) is 1. The third-order valence-corrected chi connectivity index (χ3v) is 3.18. The van der Waals surface area contributed by atoms with E-state index in [1.807, 2.05) is 0 Å². The van der Waals surface area contributed by atoms with Crippen LogP contribution >= 0.6 is 0 Å². The molecule has 1 aliphatic carbocycles. The van der Waals surface area contributed by atoms with Gasteiger partial charge in [-0.15, -0.1) is 0 Å². The number of rotatable bonds is 5. The molecule has 0 saturated heterocycles. The van der Waals surface area contributed by atoms with Crippen molar-refractivity contribution >= 4 is 5.84 Å². The fraction of sp³-hybridized carbons (Fsp3) is 0.462. The Kier molecular flexibility index (Phi) is 3.99. The summed E-state index contributed by atoms with van der Waals surface area (Å²) in [6, 6.07) is 3.54. The van der Waals surface area contributed by atoms with Crippen molar-refractivity contribution in [3.8, 4) is 0 Å². The van der Waals surface area contributed by atoms with Crippen molar-refractivity contribution in [2.45, 2.75) is 31.6 Å². The number of nitrogens with two attached hydrogens (primary N) is 1. The maximum absolute atomic E-state index is 13.1. The second-order valence-corrected chi connectivity index (χ2v) is 4.97. The van der Waals surface area contributed by atoms with Crippen molar-refractivity contribution in [3.05, 3.63) is 35.1 Å². The van der Waals surface area contributed by atoms with Gasteiger partial charge in [-0.05, 0) is 30.5 Å². The Morgan fingerprint density at radius 2 is 2.00 bits per heavy atom. The van der Waals surface area contributed by atoms with Crippen LogP contribution in [0, 0.1) is 11.2 Å². The first-order valence-corrected chi connectivity index (χ1v) is 6.20. The first-order valence-electron chi connectivity index (χ1n) is 6.20. The number of alkyl halides is 3. The highest BCUT2D eigenvalue weighted by Gasteiger charge is 2.38. The lowest BCUT2D eigenvalue weighted by atomic mass is 10.1. The van der Waals surface area contributed by atoms with E-state index in [0.29, 0.717) is 5.56 Å². The lowest BCUT2D eigenvalue weighted by Crippen LogP contribution is -2.36. The topological polar surface area (TPSA) is 53.1 Å². The molecular formula is C13H15F4N3. The average Bonchev–Trinajstić information content (AvgIpc) is 3.12. The maximum Gasteiger partial charge on any atom is 0.401 e. The van der Waals surface area contributed by atoms with Gasteiger partial charge in [-0.2, -0.15) is 13.2 Å². The number of nitrogen functional groups attached to an aromatic ring is 1. The number of amidine groups is 1. The molecular weight excluding hydrogens is 274 g/mol. The number of halogens is 4. The Morgan fingerprint density at radius 1 is 1.35 bits per heavy atom. The second-order valence-electron chi connectivity index (χ2n) is 4.97. The summed E-state index contributed by atoms with van der Waals surface area (Å²) in [6.45, 7) is -0.994. The van der Waals surface area contributed by atoms with Gasteiger partial charge in [0.25, 0.3) is 0 Å². The Hall–Kier alpha value is -1.63. The number of benzene rings is 1. The van der Waals surface area contributed by atoms with Crippen molar-refractivity contribution in [1.82, 2.24) is 4.90 Å². The van der Waals surface area contributed by atoms with Crippen molar-refractivity contribution in [3.63, 3.8) is 0 Å². The van der Waals surface area contributed by atoms with E-state index in [1.165, 1.54) is 17.0 Å². The summed E-state index contributed by atoms with van der Waals surface area (Å²) in [5.41, 5.74) is 5.94. The molecule has 3 nitrogen and oxygen atoms in total. The van der Waals surface area contributed by atoms with Crippen LogP contribution in [-0.4, -0.2) is 29.5 Å². The zero-order valence-electron chi connectivity index (χ0n) is 10.7. The molecule has 1 aromatic carbocycles. The van der Waals surface area contributed by atoms with Crippen LogP contribution in [0.4, 0.5) is 17.6 Å². The second kappa shape index (κ2) is 5.40. The maximum atomic E-state index is 13.1. The minimum Gasteiger partial charge on any atom is -0.384 e. The fourth-order valence-corrected chi connectivity index (χ4v) is 2.14. The van der Waals surface area contributed by atoms with E-state index in [1.54, 1.807) is 0 Å². The fourth-order valence-electron chi connectivity index (χ4n) is 2.14. The summed E-state index contributed by atoms with van der Waals surface area (Å²) in [5, 5.41) is 7.39. The summed E-state index contributed by atoms with van der Waals surface area (Å²) >= 11 is 0. The molecule has 0 aliphatic heterocycles. The van der Waals surface area contributed by atoms with Crippen molar-refractivity contribution in [2.24, 2.45) is 5.73 Å². The monoisotopic (exact) mass is 289 g/mol. The van der Waals surface area contributed by atoms with E-state index in [-0.39, 0.29) is 24.0 Å². The van der Waals surface area contributed by atoms with E-state index < -0.39 is 18.5 Å². The molecule has 1 saturated carbocycles. The molecule has 1 aromatic rings. The predicted octanol–water partition coefficient (Wildman–Crippen LogP) is 2.64. The molecule has 1 aliphatic rings. The summed E-state index contributed by atoms with van der Waals surface area (Å²) in [4.78, 5) is 1.31. The molecule has 0 radical (unpaired) electrons. The van der Waals surface area contributed by atoms with Gasteiger partial charge in [-0.3, -0.25) is 10.3 Å². The van der Waals surface area contributed by atoms with Gasteiger partial charge in [0, 0.05) is 18.2 Å². The van der Waals surface area contributed by atoms with Gasteiger partial charge in [0.05, 0.1) is 6.54 Å². The van der Waals surface area contributed by atoms with Crippen molar-refractivity contribution < 1.29 is 17.6 Å². The van der Waals surface area contributed by atoms with Crippen molar-refractivity contribution in [2.75, 3.05) is 6.54 Å². The zero-order chi connectivity index (χ0) is 14.9. The molecule has 2 rings (SSSR count). The van der Waals surface area contributed by atoms with Gasteiger partial charge >= 0.3 is 6.18 Å². The summed E-state index contributed by atoms with van der Waals surface area (Å²) in [5.74, 6) is -0.907. The van der Waals surface area contributed by atoms with Gasteiger partial charge in [-0.25, -0.2) is 4.39 Å². The summed E-state index contributed by atoms with van der Waals surface area (Å²) in [7, 11) is 0. The van der Waals surface area contributed by atoms with Crippen LogP contribution < -0.4 is 5.73 Å².